The van der Waals surface area contributed by atoms with Gasteiger partial charge in [-0.1, -0.05) is 32.0 Å². The van der Waals surface area contributed by atoms with Crippen LogP contribution >= 0.6 is 0 Å². The molecular weight excluding hydrogens is 268 g/mol. The van der Waals surface area contributed by atoms with Crippen LogP contribution in [-0.4, -0.2) is 29.2 Å². The number of hydrogen-bond donors (Lipinski definition) is 2. The number of carboxylic acids is 1. The third-order valence-corrected chi connectivity index (χ3v) is 4.15. The Morgan fingerprint density at radius 1 is 1.43 bits per heavy atom. The molecular formula is C16H22N2O3. The number of amides is 2. The van der Waals surface area contributed by atoms with Crippen LogP contribution < -0.4 is 10.2 Å². The minimum atomic E-state index is -1.24. The van der Waals surface area contributed by atoms with Crippen LogP contribution in [0.2, 0.25) is 0 Å². The molecule has 2 N–H and O–H groups in total. The quantitative estimate of drug-likeness (QED) is 0.899. The summed E-state index contributed by atoms with van der Waals surface area (Å²) in [5, 5.41) is 12.0. The summed E-state index contributed by atoms with van der Waals surface area (Å²) >= 11 is 0. The lowest BCUT2D eigenvalue weighted by Crippen LogP contribution is -2.57. The van der Waals surface area contributed by atoms with E-state index in [9.17, 15) is 14.7 Å². The second kappa shape index (κ2) is 5.76. The molecule has 2 rings (SSSR count). The number of nitrogens with zero attached hydrogens (tertiary/aromatic N) is 1. The normalized spacial score (nSPS) is 20.3. The fraction of sp³-hybridized carbons (Fsp3) is 0.500. The van der Waals surface area contributed by atoms with Gasteiger partial charge in [-0.2, -0.15) is 0 Å². The van der Waals surface area contributed by atoms with E-state index in [1.54, 1.807) is 11.8 Å². The molecule has 0 bridgehead atoms. The van der Waals surface area contributed by atoms with Crippen molar-refractivity contribution in [3.63, 3.8) is 0 Å². The van der Waals surface area contributed by atoms with Crippen molar-refractivity contribution in [2.24, 2.45) is 5.92 Å². The van der Waals surface area contributed by atoms with E-state index in [4.69, 9.17) is 0 Å². The molecule has 1 heterocycles. The SMILES string of the molecule is CCC(C)(NC(=O)N1CC(C)Cc2ccccc21)C(=O)O. The van der Waals surface area contributed by atoms with Crippen LogP contribution in [0.4, 0.5) is 10.5 Å². The first kappa shape index (κ1) is 15.4. The summed E-state index contributed by atoms with van der Waals surface area (Å²) in [6.07, 6.45) is 1.27. The number of carbonyl (C=O) groups excluding carboxylic acids is 1. The van der Waals surface area contributed by atoms with Gasteiger partial charge in [0.1, 0.15) is 5.54 Å². The van der Waals surface area contributed by atoms with E-state index in [0.717, 1.165) is 17.7 Å². The van der Waals surface area contributed by atoms with E-state index in [1.807, 2.05) is 24.3 Å². The lowest BCUT2D eigenvalue weighted by Gasteiger charge is -2.35. The highest BCUT2D eigenvalue weighted by Gasteiger charge is 2.36. The molecule has 1 aliphatic rings. The molecule has 21 heavy (non-hydrogen) atoms. The van der Waals surface area contributed by atoms with E-state index in [-0.39, 0.29) is 6.03 Å². The van der Waals surface area contributed by atoms with Crippen LogP contribution in [-0.2, 0) is 11.2 Å². The molecule has 5 heteroatoms. The minimum Gasteiger partial charge on any atom is -0.480 e. The highest BCUT2D eigenvalue weighted by atomic mass is 16.4. The van der Waals surface area contributed by atoms with Gasteiger partial charge in [0.25, 0.3) is 0 Å². The van der Waals surface area contributed by atoms with Gasteiger partial charge in [0.15, 0.2) is 0 Å². The smallest absolute Gasteiger partial charge is 0.329 e. The zero-order valence-electron chi connectivity index (χ0n) is 12.7. The Kier molecular flexibility index (Phi) is 4.21. The van der Waals surface area contributed by atoms with Gasteiger partial charge >= 0.3 is 12.0 Å². The minimum absolute atomic E-state index is 0.332. The van der Waals surface area contributed by atoms with Crippen molar-refractivity contribution < 1.29 is 14.7 Å². The Labute approximate surface area is 125 Å². The number of nitrogens with one attached hydrogen (secondary N) is 1. The fourth-order valence-corrected chi connectivity index (χ4v) is 2.59. The molecule has 2 amide bonds. The summed E-state index contributed by atoms with van der Waals surface area (Å²) in [5.74, 6) is -0.667. The second-order valence-corrected chi connectivity index (χ2v) is 5.97. The van der Waals surface area contributed by atoms with Crippen LogP contribution in [0.5, 0.6) is 0 Å². The first-order valence-electron chi connectivity index (χ1n) is 7.28. The van der Waals surface area contributed by atoms with Gasteiger partial charge in [-0.15, -0.1) is 0 Å². The lowest BCUT2D eigenvalue weighted by atomic mass is 9.94. The maximum atomic E-state index is 12.5. The second-order valence-electron chi connectivity index (χ2n) is 5.97. The van der Waals surface area contributed by atoms with Gasteiger partial charge in [0.2, 0.25) is 0 Å². The monoisotopic (exact) mass is 290 g/mol. The van der Waals surface area contributed by atoms with Crippen molar-refractivity contribution in [3.8, 4) is 0 Å². The summed E-state index contributed by atoms with van der Waals surface area (Å²) in [6, 6.07) is 7.43. The summed E-state index contributed by atoms with van der Waals surface area (Å²) < 4.78 is 0. The molecule has 2 unspecified atom stereocenters. The summed E-state index contributed by atoms with van der Waals surface area (Å²) in [4.78, 5) is 25.5. The van der Waals surface area contributed by atoms with E-state index in [1.165, 1.54) is 6.92 Å². The number of carbonyl (C=O) groups is 2. The van der Waals surface area contributed by atoms with Crippen molar-refractivity contribution in [1.29, 1.82) is 0 Å². The molecule has 1 aliphatic heterocycles. The lowest BCUT2D eigenvalue weighted by molar-refractivity contribution is -0.143. The number of carboxylic acid groups (broad SMARTS) is 1. The summed E-state index contributed by atoms with van der Waals surface area (Å²) in [7, 11) is 0. The maximum absolute atomic E-state index is 12.5. The third-order valence-electron chi connectivity index (χ3n) is 4.15. The Morgan fingerprint density at radius 2 is 2.10 bits per heavy atom. The average molecular weight is 290 g/mol. The van der Waals surface area contributed by atoms with Crippen molar-refractivity contribution in [2.45, 2.75) is 39.2 Å². The first-order chi connectivity index (χ1) is 9.87. The van der Waals surface area contributed by atoms with Crippen molar-refractivity contribution >= 4 is 17.7 Å². The number of benzene rings is 1. The number of urea groups is 1. The number of para-hydroxylation sites is 1. The molecule has 0 saturated carbocycles. The Bertz CT molecular complexity index is 558. The van der Waals surface area contributed by atoms with Crippen LogP contribution in [0.25, 0.3) is 0 Å². The predicted molar refractivity (Wildman–Crippen MR) is 81.5 cm³/mol. The molecule has 1 aromatic rings. The van der Waals surface area contributed by atoms with Gasteiger partial charge in [-0.05, 0) is 37.3 Å². The molecule has 5 nitrogen and oxygen atoms in total. The van der Waals surface area contributed by atoms with Gasteiger partial charge in [0, 0.05) is 12.2 Å². The number of anilines is 1. The molecule has 2 atom stereocenters. The molecule has 0 aliphatic carbocycles. The van der Waals surface area contributed by atoms with Crippen LogP contribution in [0, 0.1) is 5.92 Å². The van der Waals surface area contributed by atoms with Gasteiger partial charge < -0.3 is 10.4 Å². The van der Waals surface area contributed by atoms with Crippen molar-refractivity contribution in [2.75, 3.05) is 11.4 Å². The summed E-state index contributed by atoms with van der Waals surface area (Å²) in [5.41, 5.74) is 0.754. The summed E-state index contributed by atoms with van der Waals surface area (Å²) in [6.45, 7) is 5.97. The number of fused-ring (bicyclic) bond motifs is 1. The number of hydrogen-bond acceptors (Lipinski definition) is 2. The molecule has 0 fully saturated rings. The molecule has 0 aromatic heterocycles. The predicted octanol–water partition coefficient (Wildman–Crippen LogP) is 2.65. The van der Waals surface area contributed by atoms with E-state index in [0.29, 0.717) is 18.9 Å². The van der Waals surface area contributed by atoms with Crippen LogP contribution in [0.1, 0.15) is 32.8 Å². The highest BCUT2D eigenvalue weighted by molar-refractivity contribution is 5.96. The van der Waals surface area contributed by atoms with Crippen LogP contribution in [0.3, 0.4) is 0 Å². The third kappa shape index (κ3) is 3.01. The molecule has 0 saturated heterocycles. The fourth-order valence-electron chi connectivity index (χ4n) is 2.59. The van der Waals surface area contributed by atoms with Crippen molar-refractivity contribution in [3.05, 3.63) is 29.8 Å². The first-order valence-corrected chi connectivity index (χ1v) is 7.28. The molecule has 114 valence electrons. The number of aliphatic carboxylic acids is 1. The molecule has 0 spiro atoms. The van der Waals surface area contributed by atoms with E-state index >= 15 is 0 Å². The zero-order valence-corrected chi connectivity index (χ0v) is 12.7. The van der Waals surface area contributed by atoms with Gasteiger partial charge in [-0.25, -0.2) is 9.59 Å². The number of rotatable bonds is 3. The zero-order chi connectivity index (χ0) is 15.6. The van der Waals surface area contributed by atoms with Gasteiger partial charge in [0.05, 0.1) is 0 Å². The largest absolute Gasteiger partial charge is 0.480 e. The average Bonchev–Trinajstić information content (AvgIpc) is 2.45. The van der Waals surface area contributed by atoms with E-state index in [2.05, 4.69) is 12.2 Å². The molecule has 0 radical (unpaired) electrons. The van der Waals surface area contributed by atoms with Crippen molar-refractivity contribution in [1.82, 2.24) is 5.32 Å². The highest BCUT2D eigenvalue weighted by Crippen LogP contribution is 2.29. The Balaban J connectivity index is 2.26. The van der Waals surface area contributed by atoms with Crippen LogP contribution in [0.15, 0.2) is 24.3 Å². The Hall–Kier alpha value is -2.04. The Morgan fingerprint density at radius 3 is 2.71 bits per heavy atom. The van der Waals surface area contributed by atoms with E-state index < -0.39 is 11.5 Å². The maximum Gasteiger partial charge on any atom is 0.329 e. The standard InChI is InChI=1S/C16H22N2O3/c1-4-16(3,14(19)20)17-15(21)18-10-11(2)9-12-7-5-6-8-13(12)18/h5-8,11H,4,9-10H2,1-3H3,(H,17,21)(H,19,20). The van der Waals surface area contributed by atoms with Gasteiger partial charge in [-0.3, -0.25) is 4.90 Å². The molecule has 1 aromatic carbocycles. The topological polar surface area (TPSA) is 69.6 Å².